The average molecular weight is 132 g/mol. The Labute approximate surface area is 61.1 Å². The molecule has 1 aromatic carbocycles. The van der Waals surface area contributed by atoms with Crippen molar-refractivity contribution in [2.45, 2.75) is 12.8 Å². The van der Waals surface area contributed by atoms with Crippen molar-refractivity contribution in [1.82, 2.24) is 5.32 Å². The molecule has 0 saturated heterocycles. The maximum Gasteiger partial charge on any atom is 0.0609 e. The number of para-hydroxylation sites is 1. The molecule has 0 fully saturated rings. The van der Waals surface area contributed by atoms with Crippen LogP contribution >= 0.6 is 0 Å². The van der Waals surface area contributed by atoms with Crippen LogP contribution in [-0.4, -0.2) is 6.54 Å². The van der Waals surface area contributed by atoms with Crippen LogP contribution in [0.4, 0.5) is 5.69 Å². The van der Waals surface area contributed by atoms with Gasteiger partial charge in [-0.3, -0.25) is 5.32 Å². The fourth-order valence-electron chi connectivity index (χ4n) is 1.38. The Morgan fingerprint density at radius 2 is 2.20 bits per heavy atom. The van der Waals surface area contributed by atoms with Crippen molar-refractivity contribution in [1.29, 1.82) is 0 Å². The van der Waals surface area contributed by atoms with E-state index in [4.69, 9.17) is 0 Å². The second kappa shape index (κ2) is 2.01. The molecule has 1 heteroatoms. The molecule has 0 aromatic heterocycles. The summed E-state index contributed by atoms with van der Waals surface area (Å²) in [6.07, 6.45) is 0. The summed E-state index contributed by atoms with van der Waals surface area (Å²) in [6.45, 7) is 3.19. The molecule has 51 valence electrons. The molecule has 0 bridgehead atoms. The minimum absolute atomic E-state index is 0.635. The third kappa shape index (κ3) is 0.703. The summed E-state index contributed by atoms with van der Waals surface area (Å²) in [4.78, 5) is 0. The van der Waals surface area contributed by atoms with E-state index >= 15 is 0 Å². The summed E-state index contributed by atoms with van der Waals surface area (Å²) >= 11 is 0. The molecule has 1 unspecified atom stereocenters. The summed E-state index contributed by atoms with van der Waals surface area (Å²) < 4.78 is 0. The van der Waals surface area contributed by atoms with Gasteiger partial charge in [0.2, 0.25) is 0 Å². The second-order valence-electron chi connectivity index (χ2n) is 2.80. The Morgan fingerprint density at radius 3 is 3.00 bits per heavy atom. The molecule has 1 aliphatic heterocycles. The molecular formula is C9H10N. The Kier molecular flexibility index (Phi) is 1.16. The lowest BCUT2D eigenvalue weighted by Crippen LogP contribution is -1.94. The molecule has 1 nitrogen and oxygen atoms in total. The summed E-state index contributed by atoms with van der Waals surface area (Å²) in [7, 11) is 0. The van der Waals surface area contributed by atoms with Crippen molar-refractivity contribution < 1.29 is 0 Å². The van der Waals surface area contributed by atoms with Crippen LogP contribution in [-0.2, 0) is 0 Å². The number of fused-ring (bicyclic) bond motifs is 1. The number of nitrogens with zero attached hydrogens (tertiary/aromatic N) is 1. The Morgan fingerprint density at radius 1 is 1.40 bits per heavy atom. The van der Waals surface area contributed by atoms with E-state index in [1.165, 1.54) is 11.3 Å². The quantitative estimate of drug-likeness (QED) is 0.513. The molecule has 0 saturated carbocycles. The van der Waals surface area contributed by atoms with E-state index in [9.17, 15) is 0 Å². The van der Waals surface area contributed by atoms with Crippen LogP contribution in [0, 0.1) is 0 Å². The fourth-order valence-corrected chi connectivity index (χ4v) is 1.38. The Hall–Kier alpha value is -0.980. The van der Waals surface area contributed by atoms with Crippen molar-refractivity contribution in [3.8, 4) is 0 Å². The molecular weight excluding hydrogens is 122 g/mol. The SMILES string of the molecule is CC1C[N]c2ccccc21. The molecule has 10 heavy (non-hydrogen) atoms. The molecule has 1 radical (unpaired) electrons. The van der Waals surface area contributed by atoms with Crippen LogP contribution in [0.1, 0.15) is 18.4 Å². The van der Waals surface area contributed by atoms with Gasteiger partial charge in [-0.2, -0.15) is 0 Å². The van der Waals surface area contributed by atoms with Crippen molar-refractivity contribution in [2.24, 2.45) is 0 Å². The van der Waals surface area contributed by atoms with Crippen LogP contribution in [0.2, 0.25) is 0 Å². The first-order valence-electron chi connectivity index (χ1n) is 3.64. The van der Waals surface area contributed by atoms with Crippen LogP contribution in [0.5, 0.6) is 0 Å². The first-order valence-corrected chi connectivity index (χ1v) is 3.64. The molecule has 1 aromatic rings. The standard InChI is InChI=1S/C9H10N/c1-7-6-10-9-5-3-2-4-8(7)9/h2-5,7H,6H2,1H3. The third-order valence-corrected chi connectivity index (χ3v) is 2.00. The molecule has 1 heterocycles. The van der Waals surface area contributed by atoms with Gasteiger partial charge in [-0.25, -0.2) is 0 Å². The van der Waals surface area contributed by atoms with E-state index < -0.39 is 0 Å². The molecule has 1 atom stereocenters. The van der Waals surface area contributed by atoms with Crippen LogP contribution in [0.3, 0.4) is 0 Å². The summed E-state index contributed by atoms with van der Waals surface area (Å²) in [5.74, 6) is 0.635. The third-order valence-electron chi connectivity index (χ3n) is 2.00. The van der Waals surface area contributed by atoms with Gasteiger partial charge >= 0.3 is 0 Å². The normalized spacial score (nSPS) is 21.9. The Bertz CT molecular complexity index is 242. The first kappa shape index (κ1) is 5.78. The monoisotopic (exact) mass is 132 g/mol. The van der Waals surface area contributed by atoms with Gasteiger partial charge in [-0.15, -0.1) is 0 Å². The van der Waals surface area contributed by atoms with Crippen molar-refractivity contribution in [3.05, 3.63) is 29.8 Å². The summed E-state index contributed by atoms with van der Waals surface area (Å²) in [5.41, 5.74) is 2.59. The lowest BCUT2D eigenvalue weighted by molar-refractivity contribution is 0.766. The highest BCUT2D eigenvalue weighted by atomic mass is 14.9. The number of benzene rings is 1. The average Bonchev–Trinajstić information content (AvgIpc) is 2.34. The topological polar surface area (TPSA) is 14.1 Å². The number of hydrogen-bond acceptors (Lipinski definition) is 0. The van der Waals surface area contributed by atoms with Gasteiger partial charge in [0.25, 0.3) is 0 Å². The maximum absolute atomic E-state index is 4.38. The van der Waals surface area contributed by atoms with E-state index in [0.29, 0.717) is 5.92 Å². The van der Waals surface area contributed by atoms with Crippen LogP contribution in [0.25, 0.3) is 0 Å². The fraction of sp³-hybridized carbons (Fsp3) is 0.333. The Balaban J connectivity index is 2.51. The van der Waals surface area contributed by atoms with Crippen LogP contribution in [0.15, 0.2) is 24.3 Å². The van der Waals surface area contributed by atoms with Gasteiger partial charge in [-0.1, -0.05) is 25.1 Å². The zero-order valence-electron chi connectivity index (χ0n) is 6.04. The first-order chi connectivity index (χ1) is 4.88. The minimum Gasteiger partial charge on any atom is -0.284 e. The van der Waals surface area contributed by atoms with Gasteiger partial charge in [0, 0.05) is 12.5 Å². The van der Waals surface area contributed by atoms with Crippen LogP contribution < -0.4 is 5.32 Å². The molecule has 0 amide bonds. The van der Waals surface area contributed by atoms with E-state index in [2.05, 4.69) is 30.4 Å². The zero-order valence-corrected chi connectivity index (χ0v) is 6.04. The molecule has 0 spiro atoms. The van der Waals surface area contributed by atoms with Crippen molar-refractivity contribution in [3.63, 3.8) is 0 Å². The van der Waals surface area contributed by atoms with E-state index in [1.54, 1.807) is 0 Å². The summed E-state index contributed by atoms with van der Waals surface area (Å²) in [5, 5.41) is 4.38. The predicted molar refractivity (Wildman–Crippen MR) is 41.5 cm³/mol. The molecule has 1 aliphatic rings. The minimum atomic E-state index is 0.635. The van der Waals surface area contributed by atoms with E-state index in [1.807, 2.05) is 6.07 Å². The van der Waals surface area contributed by atoms with E-state index in [-0.39, 0.29) is 0 Å². The van der Waals surface area contributed by atoms with Gasteiger partial charge in [-0.05, 0) is 11.6 Å². The van der Waals surface area contributed by atoms with Gasteiger partial charge in [0.05, 0.1) is 5.69 Å². The van der Waals surface area contributed by atoms with Gasteiger partial charge in [0.15, 0.2) is 0 Å². The number of rotatable bonds is 0. The highest BCUT2D eigenvalue weighted by Gasteiger charge is 2.17. The zero-order chi connectivity index (χ0) is 6.97. The highest BCUT2D eigenvalue weighted by Crippen LogP contribution is 2.30. The van der Waals surface area contributed by atoms with Crippen molar-refractivity contribution >= 4 is 5.69 Å². The van der Waals surface area contributed by atoms with Crippen molar-refractivity contribution in [2.75, 3.05) is 6.54 Å². The predicted octanol–water partition coefficient (Wildman–Crippen LogP) is 2.04. The largest absolute Gasteiger partial charge is 0.284 e. The van der Waals surface area contributed by atoms with Gasteiger partial charge < -0.3 is 0 Å². The smallest absolute Gasteiger partial charge is 0.0609 e. The molecule has 0 aliphatic carbocycles. The van der Waals surface area contributed by atoms with Gasteiger partial charge in [0.1, 0.15) is 0 Å². The van der Waals surface area contributed by atoms with E-state index in [0.717, 1.165) is 6.54 Å². The molecule has 2 rings (SSSR count). The summed E-state index contributed by atoms with van der Waals surface area (Å²) in [6, 6.07) is 8.37. The number of hydrogen-bond donors (Lipinski definition) is 0. The maximum atomic E-state index is 4.38. The second-order valence-corrected chi connectivity index (χ2v) is 2.80. The highest BCUT2D eigenvalue weighted by molar-refractivity contribution is 5.50. The molecule has 0 N–H and O–H groups in total. The lowest BCUT2D eigenvalue weighted by atomic mass is 10.0. The lowest BCUT2D eigenvalue weighted by Gasteiger charge is -1.98.